The van der Waals surface area contributed by atoms with Gasteiger partial charge in [0, 0.05) is 0 Å². The van der Waals surface area contributed by atoms with Gasteiger partial charge in [0.2, 0.25) is 0 Å². The van der Waals surface area contributed by atoms with Gasteiger partial charge in [-0.3, -0.25) is 5.32 Å². The molecule has 0 saturated carbocycles. The Morgan fingerprint density at radius 3 is 2.76 bits per heavy atom. The molecule has 0 aromatic heterocycles. The largest absolute Gasteiger partial charge is 0.271 e. The van der Waals surface area contributed by atoms with Crippen LogP contribution in [0.15, 0.2) is 20.0 Å². The fraction of sp³-hybridized carbons (Fsp3) is 0.200. The Morgan fingerprint density at radius 2 is 2.24 bits per heavy atom. The maximum Gasteiger partial charge on any atom is 0.183 e. The number of benzene rings is 1. The van der Waals surface area contributed by atoms with E-state index in [1.165, 1.54) is 11.8 Å². The first kappa shape index (κ1) is 14.5. The summed E-state index contributed by atoms with van der Waals surface area (Å²) in [5, 5.41) is 11.4. The molecule has 3 nitrogen and oxygen atoms in total. The number of aliphatic imine (C=N–C) groups is 1. The highest BCUT2D eigenvalue weighted by Crippen LogP contribution is 2.36. The van der Waals surface area contributed by atoms with Crippen molar-refractivity contribution < 1.29 is 4.39 Å². The molecule has 0 aliphatic rings. The molecule has 0 bridgehead atoms. The summed E-state index contributed by atoms with van der Waals surface area (Å²) in [4.78, 5) is 4.21. The quantitative estimate of drug-likeness (QED) is 0.262. The van der Waals surface area contributed by atoms with Gasteiger partial charge in [-0.05, 0) is 56.7 Å². The molecule has 0 heterocycles. The van der Waals surface area contributed by atoms with E-state index in [-0.39, 0.29) is 4.47 Å². The average Bonchev–Trinajstić information content (AvgIpc) is 2.30. The molecule has 17 heavy (non-hydrogen) atoms. The van der Waals surface area contributed by atoms with Crippen molar-refractivity contribution in [2.24, 2.45) is 4.99 Å². The number of hydrogen-bond donors (Lipinski definition) is 1. The molecule has 1 aromatic carbocycles. The summed E-state index contributed by atoms with van der Waals surface area (Å²) in [7, 11) is 0. The average molecular weight is 381 g/mol. The van der Waals surface area contributed by atoms with Gasteiger partial charge < -0.3 is 0 Å². The predicted molar refractivity (Wildman–Crippen MR) is 75.9 cm³/mol. The van der Waals surface area contributed by atoms with Gasteiger partial charge >= 0.3 is 0 Å². The molecule has 0 aliphatic heterocycles. The van der Waals surface area contributed by atoms with Gasteiger partial charge in [0.1, 0.15) is 0 Å². The monoisotopic (exact) mass is 379 g/mol. The van der Waals surface area contributed by atoms with Crippen LogP contribution < -0.4 is 5.32 Å². The second-order valence-corrected chi connectivity index (χ2v) is 5.45. The van der Waals surface area contributed by atoms with Gasteiger partial charge in [0.25, 0.3) is 0 Å². The van der Waals surface area contributed by atoms with Gasteiger partial charge in [-0.25, -0.2) is 9.38 Å². The molecule has 1 aromatic rings. The topological polar surface area (TPSA) is 48.2 Å². The number of nitrogens with one attached hydrogen (secondary N) is 1. The van der Waals surface area contributed by atoms with Crippen LogP contribution >= 0.6 is 43.6 Å². The number of thioether (sulfide) groups is 1. The highest BCUT2D eigenvalue weighted by molar-refractivity contribution is 9.11. The van der Waals surface area contributed by atoms with Crippen molar-refractivity contribution >= 4 is 54.5 Å². The summed E-state index contributed by atoms with van der Waals surface area (Å²) < 4.78 is 14.3. The third-order valence-electron chi connectivity index (χ3n) is 1.90. The Morgan fingerprint density at radius 1 is 1.59 bits per heavy atom. The number of hydrogen-bond acceptors (Lipinski definition) is 3. The molecule has 90 valence electrons. The standard InChI is InChI=1S/C10H8Br2FN3S/c1-5-3-6(11)8(13)7(12)9(5)16-10(17-2)15-4-14/h3H,1-2H3,(H,15,16). The predicted octanol–water partition coefficient (Wildman–Crippen LogP) is 4.08. The molecule has 0 amide bonds. The Labute approximate surface area is 120 Å². The van der Waals surface area contributed by atoms with E-state index in [9.17, 15) is 4.39 Å². The van der Waals surface area contributed by atoms with Gasteiger partial charge in [-0.15, -0.1) is 0 Å². The van der Waals surface area contributed by atoms with E-state index in [1.807, 2.05) is 6.92 Å². The fourth-order valence-electron chi connectivity index (χ4n) is 1.11. The van der Waals surface area contributed by atoms with Gasteiger partial charge in [-0.2, -0.15) is 5.26 Å². The highest BCUT2D eigenvalue weighted by atomic mass is 79.9. The lowest BCUT2D eigenvalue weighted by Crippen LogP contribution is -2.12. The van der Waals surface area contributed by atoms with Crippen LogP contribution in [-0.2, 0) is 0 Å². The number of halogens is 3. The maximum atomic E-state index is 13.7. The summed E-state index contributed by atoms with van der Waals surface area (Å²) in [6, 6.07) is 1.64. The van der Waals surface area contributed by atoms with Crippen LogP contribution in [-0.4, -0.2) is 11.4 Å². The van der Waals surface area contributed by atoms with Crippen LogP contribution in [0, 0.1) is 24.2 Å². The zero-order valence-electron chi connectivity index (χ0n) is 9.01. The first-order valence-electron chi connectivity index (χ1n) is 4.43. The molecule has 7 heteroatoms. The lowest BCUT2D eigenvalue weighted by molar-refractivity contribution is 0.614. The summed E-state index contributed by atoms with van der Waals surface area (Å²) in [5.74, 6) is -0.410. The number of amidine groups is 1. The van der Waals surface area contributed by atoms with Crippen molar-refractivity contribution in [3.8, 4) is 6.19 Å². The summed E-state index contributed by atoms with van der Waals surface area (Å²) >= 11 is 7.56. The van der Waals surface area contributed by atoms with Crippen molar-refractivity contribution in [1.29, 1.82) is 5.26 Å². The molecule has 1 N–H and O–H groups in total. The Kier molecular flexibility index (Phi) is 5.43. The van der Waals surface area contributed by atoms with Gasteiger partial charge in [0.05, 0.1) is 14.6 Å². The second-order valence-electron chi connectivity index (χ2n) is 3.01. The van der Waals surface area contributed by atoms with Crippen LogP contribution in [0.5, 0.6) is 0 Å². The molecular weight excluding hydrogens is 373 g/mol. The third-order valence-corrected chi connectivity index (χ3v) is 3.78. The normalized spacial score (nSPS) is 11.2. The van der Waals surface area contributed by atoms with Crippen LogP contribution in [0.2, 0.25) is 0 Å². The highest BCUT2D eigenvalue weighted by Gasteiger charge is 2.13. The minimum absolute atomic E-state index is 0.274. The van der Waals surface area contributed by atoms with Gasteiger partial charge in [0.15, 0.2) is 17.2 Å². The van der Waals surface area contributed by atoms with Crippen molar-refractivity contribution in [3.05, 3.63) is 26.4 Å². The van der Waals surface area contributed by atoms with E-state index in [0.717, 1.165) is 5.56 Å². The zero-order valence-corrected chi connectivity index (χ0v) is 13.0. The molecule has 0 aliphatic carbocycles. The van der Waals surface area contributed by atoms with E-state index in [0.29, 0.717) is 15.3 Å². The van der Waals surface area contributed by atoms with E-state index >= 15 is 0 Å². The molecule has 0 unspecified atom stereocenters. The molecular formula is C10H8Br2FN3S. The van der Waals surface area contributed by atoms with Crippen LogP contribution in [0.1, 0.15) is 5.56 Å². The van der Waals surface area contributed by atoms with E-state index in [2.05, 4.69) is 42.2 Å². The minimum atomic E-state index is -0.410. The summed E-state index contributed by atoms with van der Waals surface area (Å²) in [5.41, 5.74) is 1.27. The molecule has 0 atom stereocenters. The second kappa shape index (κ2) is 6.38. The van der Waals surface area contributed by atoms with Crippen molar-refractivity contribution in [2.45, 2.75) is 6.92 Å². The minimum Gasteiger partial charge on any atom is -0.271 e. The van der Waals surface area contributed by atoms with Crippen molar-refractivity contribution in [1.82, 2.24) is 5.32 Å². The van der Waals surface area contributed by atoms with Crippen molar-refractivity contribution in [3.63, 3.8) is 0 Å². The molecule has 0 fully saturated rings. The molecule has 0 saturated heterocycles. The van der Waals surface area contributed by atoms with E-state index < -0.39 is 5.82 Å². The summed E-state index contributed by atoms with van der Waals surface area (Å²) in [6.07, 6.45) is 3.56. The first-order chi connectivity index (χ1) is 8.01. The zero-order chi connectivity index (χ0) is 13.0. The number of nitriles is 1. The van der Waals surface area contributed by atoms with Crippen LogP contribution in [0.25, 0.3) is 0 Å². The third kappa shape index (κ3) is 3.44. The van der Waals surface area contributed by atoms with Crippen LogP contribution in [0.3, 0.4) is 0 Å². The molecule has 0 spiro atoms. The van der Waals surface area contributed by atoms with Crippen molar-refractivity contribution in [2.75, 3.05) is 6.26 Å². The Bertz CT molecular complexity index is 511. The first-order valence-corrected chi connectivity index (χ1v) is 7.24. The number of nitrogens with zero attached hydrogens (tertiary/aromatic N) is 2. The van der Waals surface area contributed by atoms with E-state index in [4.69, 9.17) is 5.26 Å². The fourth-order valence-corrected chi connectivity index (χ4v) is 2.87. The number of aryl methyl sites for hydroxylation is 1. The lowest BCUT2D eigenvalue weighted by atomic mass is 10.2. The molecule has 0 radical (unpaired) electrons. The van der Waals surface area contributed by atoms with Crippen LogP contribution in [0.4, 0.5) is 10.1 Å². The van der Waals surface area contributed by atoms with Gasteiger partial charge in [-0.1, -0.05) is 11.8 Å². The lowest BCUT2D eigenvalue weighted by Gasteiger charge is -2.08. The SMILES string of the molecule is CSC(=Nc1c(C)cc(Br)c(F)c1Br)NC#N. The maximum absolute atomic E-state index is 13.7. The van der Waals surface area contributed by atoms with E-state index in [1.54, 1.807) is 18.5 Å². The number of rotatable bonds is 1. The smallest absolute Gasteiger partial charge is 0.183 e. The summed E-state index contributed by atoms with van der Waals surface area (Å²) in [6.45, 7) is 1.82. The molecule has 1 rings (SSSR count). The Hall–Kier alpha value is -0.580. The Balaban J connectivity index is 3.33.